The fraction of sp³-hybridized carbons (Fsp3) is 0.889. The van der Waals surface area contributed by atoms with Crippen molar-refractivity contribution in [1.82, 2.24) is 4.90 Å². The number of amides is 1. The summed E-state index contributed by atoms with van der Waals surface area (Å²) in [4.78, 5) is 12.2. The van der Waals surface area contributed by atoms with E-state index in [0.29, 0.717) is 5.41 Å². The monoisotopic (exact) mass is 153 g/mol. The predicted molar refractivity (Wildman–Crippen MR) is 43.0 cm³/mol. The molecule has 0 aromatic carbocycles. The molecule has 0 aromatic heterocycles. The van der Waals surface area contributed by atoms with Crippen molar-refractivity contribution in [3.63, 3.8) is 0 Å². The van der Waals surface area contributed by atoms with Gasteiger partial charge in [-0.25, -0.2) is 0 Å². The van der Waals surface area contributed by atoms with Crippen LogP contribution in [-0.4, -0.2) is 24.4 Å². The molecule has 11 heavy (non-hydrogen) atoms. The lowest BCUT2D eigenvalue weighted by Crippen LogP contribution is -2.48. The van der Waals surface area contributed by atoms with Gasteiger partial charge in [-0.2, -0.15) is 0 Å². The third kappa shape index (κ3) is 0.883. The summed E-state index contributed by atoms with van der Waals surface area (Å²) in [6, 6.07) is 0. The van der Waals surface area contributed by atoms with E-state index < -0.39 is 0 Å². The Morgan fingerprint density at radius 3 is 2.55 bits per heavy atom. The van der Waals surface area contributed by atoms with Crippen LogP contribution in [0.1, 0.15) is 20.3 Å². The average Bonchev–Trinajstić information content (AvgIpc) is 2.57. The molecule has 2 rings (SSSR count). The topological polar surface area (TPSA) is 20.3 Å². The van der Waals surface area contributed by atoms with E-state index in [-0.39, 0.29) is 0 Å². The van der Waals surface area contributed by atoms with Crippen LogP contribution in [0, 0.1) is 17.3 Å². The Bertz CT molecular complexity index is 182. The second-order valence-electron chi connectivity index (χ2n) is 4.43. The molecule has 0 bridgehead atoms. The van der Waals surface area contributed by atoms with Crippen molar-refractivity contribution in [2.24, 2.45) is 17.3 Å². The van der Waals surface area contributed by atoms with E-state index in [1.54, 1.807) is 0 Å². The number of nitrogens with zero attached hydrogens (tertiary/aromatic N) is 1. The summed E-state index contributed by atoms with van der Waals surface area (Å²) in [5.74, 6) is 1.71. The van der Waals surface area contributed by atoms with Gasteiger partial charge in [-0.1, -0.05) is 13.8 Å². The highest BCUT2D eigenvalue weighted by Gasteiger charge is 2.61. The van der Waals surface area contributed by atoms with Crippen molar-refractivity contribution < 1.29 is 4.79 Å². The lowest BCUT2D eigenvalue weighted by Gasteiger charge is -2.38. The van der Waals surface area contributed by atoms with Gasteiger partial charge in [-0.15, -0.1) is 0 Å². The Kier molecular flexibility index (Phi) is 1.29. The van der Waals surface area contributed by atoms with Crippen LogP contribution in [0.3, 0.4) is 0 Å². The molecule has 0 N–H and O–H groups in total. The first-order valence-corrected chi connectivity index (χ1v) is 4.37. The van der Waals surface area contributed by atoms with Gasteiger partial charge < -0.3 is 4.90 Å². The molecule has 1 saturated carbocycles. The molecule has 2 heteroatoms. The van der Waals surface area contributed by atoms with Crippen LogP contribution in [0.4, 0.5) is 0 Å². The molecule has 2 nitrogen and oxygen atoms in total. The number of hydrogen-bond donors (Lipinski definition) is 0. The molecule has 1 atom stereocenters. The summed E-state index contributed by atoms with van der Waals surface area (Å²) >= 11 is 0. The molecule has 1 spiro atoms. The van der Waals surface area contributed by atoms with Gasteiger partial charge in [0.05, 0.1) is 0 Å². The van der Waals surface area contributed by atoms with Crippen LogP contribution in [0.25, 0.3) is 0 Å². The smallest absolute Gasteiger partial charge is 0.209 e. The summed E-state index contributed by atoms with van der Waals surface area (Å²) in [7, 11) is 0. The zero-order valence-electron chi connectivity index (χ0n) is 7.21. The Morgan fingerprint density at radius 2 is 2.18 bits per heavy atom. The molecule has 62 valence electrons. The summed E-state index contributed by atoms with van der Waals surface area (Å²) in [6.45, 7) is 6.62. The van der Waals surface area contributed by atoms with Gasteiger partial charge in [-0.3, -0.25) is 4.79 Å². The lowest BCUT2D eigenvalue weighted by atomic mass is 9.90. The van der Waals surface area contributed by atoms with Gasteiger partial charge >= 0.3 is 0 Å². The van der Waals surface area contributed by atoms with Gasteiger partial charge in [0.2, 0.25) is 6.41 Å². The molecule has 0 aromatic rings. The van der Waals surface area contributed by atoms with Crippen molar-refractivity contribution in [3.05, 3.63) is 0 Å². The first-order chi connectivity index (χ1) is 5.18. The number of likely N-dealkylation sites (tertiary alicyclic amines) is 1. The zero-order valence-corrected chi connectivity index (χ0v) is 7.21. The normalized spacial score (nSPS) is 32.3. The number of rotatable bonds is 2. The van der Waals surface area contributed by atoms with E-state index in [1.807, 2.05) is 4.90 Å². The fourth-order valence-corrected chi connectivity index (χ4v) is 2.52. The molecule has 2 fully saturated rings. The highest BCUT2D eigenvalue weighted by Crippen LogP contribution is 2.61. The van der Waals surface area contributed by atoms with Gasteiger partial charge in [0.25, 0.3) is 0 Å². The standard InChI is InChI=1S/C9H15NO/c1-7(2)8-3-9(8)4-10(5-9)6-11/h6-8H,3-5H2,1-2H3. The fourth-order valence-electron chi connectivity index (χ4n) is 2.52. The van der Waals surface area contributed by atoms with Crippen LogP contribution in [0.2, 0.25) is 0 Å². The maximum Gasteiger partial charge on any atom is 0.209 e. The van der Waals surface area contributed by atoms with E-state index in [4.69, 9.17) is 0 Å². The Morgan fingerprint density at radius 1 is 1.55 bits per heavy atom. The van der Waals surface area contributed by atoms with Crippen molar-refractivity contribution in [2.75, 3.05) is 13.1 Å². The van der Waals surface area contributed by atoms with Crippen molar-refractivity contribution >= 4 is 6.41 Å². The number of carbonyl (C=O) groups excluding carboxylic acids is 1. The summed E-state index contributed by atoms with van der Waals surface area (Å²) in [5, 5.41) is 0. The minimum absolute atomic E-state index is 0.578. The largest absolute Gasteiger partial charge is 0.344 e. The molecule has 2 aliphatic rings. The maximum atomic E-state index is 10.3. The maximum absolute atomic E-state index is 10.3. The molecule has 1 heterocycles. The second-order valence-corrected chi connectivity index (χ2v) is 4.43. The molecule has 1 saturated heterocycles. The van der Waals surface area contributed by atoms with Gasteiger partial charge in [0.1, 0.15) is 0 Å². The van der Waals surface area contributed by atoms with E-state index in [9.17, 15) is 4.79 Å². The number of carbonyl (C=O) groups is 1. The van der Waals surface area contributed by atoms with Gasteiger partial charge in [0.15, 0.2) is 0 Å². The minimum Gasteiger partial charge on any atom is -0.344 e. The predicted octanol–water partition coefficient (Wildman–Crippen LogP) is 1.12. The summed E-state index contributed by atoms with van der Waals surface area (Å²) in [6.07, 6.45) is 2.33. The van der Waals surface area contributed by atoms with Crippen LogP contribution < -0.4 is 0 Å². The van der Waals surface area contributed by atoms with Gasteiger partial charge in [0, 0.05) is 18.5 Å². The summed E-state index contributed by atoms with van der Waals surface area (Å²) < 4.78 is 0. The van der Waals surface area contributed by atoms with E-state index in [2.05, 4.69) is 13.8 Å². The quantitative estimate of drug-likeness (QED) is 0.544. The minimum atomic E-state index is 0.578. The third-order valence-corrected chi connectivity index (χ3v) is 3.24. The SMILES string of the molecule is CC(C)C1CC12CN(C=O)C2. The Hall–Kier alpha value is -0.530. The van der Waals surface area contributed by atoms with E-state index >= 15 is 0 Å². The molecule has 1 unspecified atom stereocenters. The lowest BCUT2D eigenvalue weighted by molar-refractivity contribution is -0.125. The van der Waals surface area contributed by atoms with Crippen molar-refractivity contribution in [2.45, 2.75) is 20.3 Å². The van der Waals surface area contributed by atoms with Crippen LogP contribution in [0.15, 0.2) is 0 Å². The van der Waals surface area contributed by atoms with Gasteiger partial charge in [-0.05, 0) is 18.3 Å². The van der Waals surface area contributed by atoms with Crippen molar-refractivity contribution in [3.8, 4) is 0 Å². The highest BCUT2D eigenvalue weighted by molar-refractivity contribution is 5.50. The molecular formula is C9H15NO. The first kappa shape index (κ1) is 7.14. The van der Waals surface area contributed by atoms with Crippen molar-refractivity contribution in [1.29, 1.82) is 0 Å². The van der Waals surface area contributed by atoms with Crippen LogP contribution >= 0.6 is 0 Å². The zero-order chi connectivity index (χ0) is 8.06. The highest BCUT2D eigenvalue weighted by atomic mass is 16.1. The van der Waals surface area contributed by atoms with E-state index in [1.165, 1.54) is 6.42 Å². The molecule has 1 aliphatic heterocycles. The molecular weight excluding hydrogens is 138 g/mol. The Labute approximate surface area is 67.6 Å². The summed E-state index contributed by atoms with van der Waals surface area (Å²) in [5.41, 5.74) is 0.578. The van der Waals surface area contributed by atoms with Crippen LogP contribution in [-0.2, 0) is 4.79 Å². The number of hydrogen-bond acceptors (Lipinski definition) is 1. The van der Waals surface area contributed by atoms with E-state index in [0.717, 1.165) is 31.3 Å². The molecule has 1 aliphatic carbocycles. The first-order valence-electron chi connectivity index (χ1n) is 4.37. The molecule has 0 radical (unpaired) electrons. The second kappa shape index (κ2) is 1.99. The average molecular weight is 153 g/mol. The van der Waals surface area contributed by atoms with Crippen LogP contribution in [0.5, 0.6) is 0 Å². The Balaban J connectivity index is 1.87. The third-order valence-electron chi connectivity index (χ3n) is 3.24. The molecule has 1 amide bonds.